The van der Waals surface area contributed by atoms with Crippen molar-refractivity contribution in [3.8, 4) is 0 Å². The smallest absolute Gasteiger partial charge is 0.282 e. The van der Waals surface area contributed by atoms with E-state index in [0.29, 0.717) is 0 Å². The Bertz CT molecular complexity index is 806. The molecule has 0 fully saturated rings. The fraction of sp³-hybridized carbons (Fsp3) is 0.154. The minimum atomic E-state index is -4.93. The Morgan fingerprint density at radius 1 is 1.29 bits per heavy atom. The molecule has 3 rings (SSSR count). The van der Waals surface area contributed by atoms with Gasteiger partial charge in [0.1, 0.15) is 0 Å². The maximum absolute atomic E-state index is 12.3. The largest absolute Gasteiger partial charge is 0.456 e. The number of fused-ring (bicyclic) bond motifs is 1. The zero-order chi connectivity index (χ0) is 15.0. The van der Waals surface area contributed by atoms with E-state index in [1.54, 1.807) is 11.3 Å². The highest BCUT2D eigenvalue weighted by Crippen LogP contribution is 2.26. The molecule has 8 heteroatoms. The van der Waals surface area contributed by atoms with Gasteiger partial charge in [-0.3, -0.25) is 4.79 Å². The number of aromatic nitrogens is 3. The zero-order valence-electron chi connectivity index (χ0n) is 10.5. The predicted molar refractivity (Wildman–Crippen MR) is 71.3 cm³/mol. The van der Waals surface area contributed by atoms with Crippen LogP contribution in [0.25, 0.3) is 10.1 Å². The van der Waals surface area contributed by atoms with Crippen LogP contribution in [0.15, 0.2) is 35.8 Å². The van der Waals surface area contributed by atoms with Crippen LogP contribution in [0.4, 0.5) is 13.2 Å². The Hall–Kier alpha value is -2.22. The highest BCUT2D eigenvalue weighted by molar-refractivity contribution is 7.17. The van der Waals surface area contributed by atoms with Crippen molar-refractivity contribution in [1.82, 2.24) is 15.0 Å². The molecule has 2 aromatic heterocycles. The van der Waals surface area contributed by atoms with E-state index in [9.17, 15) is 18.0 Å². The number of carbonyl (C=O) groups is 1. The first-order valence-corrected chi connectivity index (χ1v) is 6.80. The van der Waals surface area contributed by atoms with E-state index in [2.05, 4.69) is 10.3 Å². The molecule has 0 aliphatic heterocycles. The Kier molecular flexibility index (Phi) is 3.25. The zero-order valence-corrected chi connectivity index (χ0v) is 11.3. The number of alkyl halides is 3. The fourth-order valence-electron chi connectivity index (χ4n) is 1.95. The predicted octanol–water partition coefficient (Wildman–Crippen LogP) is 3.29. The molecule has 21 heavy (non-hydrogen) atoms. The van der Waals surface area contributed by atoms with Crippen molar-refractivity contribution in [3.05, 3.63) is 47.1 Å². The van der Waals surface area contributed by atoms with Crippen molar-refractivity contribution in [2.24, 2.45) is 0 Å². The molecule has 0 bridgehead atoms. The molecular weight excluding hydrogens is 303 g/mol. The van der Waals surface area contributed by atoms with E-state index in [1.807, 2.05) is 29.6 Å². The summed E-state index contributed by atoms with van der Waals surface area (Å²) in [6, 6.07) is 7.69. The summed E-state index contributed by atoms with van der Waals surface area (Å²) in [5.41, 5.74) is 0.230. The highest BCUT2D eigenvalue weighted by atomic mass is 32.1. The quantitative estimate of drug-likeness (QED) is 0.697. The van der Waals surface area contributed by atoms with Crippen LogP contribution in [0.5, 0.6) is 0 Å². The normalized spacial score (nSPS) is 12.0. The summed E-state index contributed by atoms with van der Waals surface area (Å²) in [7, 11) is 0. The monoisotopic (exact) mass is 311 g/mol. The van der Waals surface area contributed by atoms with Gasteiger partial charge in [0.2, 0.25) is 0 Å². The summed E-state index contributed by atoms with van der Waals surface area (Å²) < 4.78 is 39.2. The number of Topliss-reactive ketones (excluding diaryl/α,β-unsaturated/α-hetero) is 1. The Morgan fingerprint density at radius 2 is 2.05 bits per heavy atom. The molecule has 0 unspecified atom stereocenters. The summed E-state index contributed by atoms with van der Waals surface area (Å²) in [4.78, 5) is 11.1. The molecule has 0 atom stereocenters. The van der Waals surface area contributed by atoms with E-state index < -0.39 is 17.7 Å². The van der Waals surface area contributed by atoms with E-state index in [0.717, 1.165) is 21.8 Å². The van der Waals surface area contributed by atoms with E-state index in [4.69, 9.17) is 0 Å². The number of rotatable bonds is 3. The Balaban J connectivity index is 1.86. The van der Waals surface area contributed by atoms with Crippen molar-refractivity contribution in [1.29, 1.82) is 0 Å². The number of hydrogen-bond donors (Lipinski definition) is 0. The van der Waals surface area contributed by atoms with Gasteiger partial charge in [-0.25, -0.2) is 4.68 Å². The lowest BCUT2D eigenvalue weighted by atomic mass is 10.2. The molecule has 0 radical (unpaired) electrons. The molecule has 4 nitrogen and oxygen atoms in total. The van der Waals surface area contributed by atoms with Crippen LogP contribution in [-0.2, 0) is 6.54 Å². The van der Waals surface area contributed by atoms with Gasteiger partial charge in [-0.05, 0) is 22.4 Å². The molecule has 3 aromatic rings. The van der Waals surface area contributed by atoms with Crippen LogP contribution >= 0.6 is 11.3 Å². The Labute approximate surface area is 120 Å². The first-order chi connectivity index (χ1) is 9.95. The standard InChI is InChI=1S/C13H8F3N3OS/c14-13(15,16)12(20)10-6-19(18-17-10)5-8-7-21-11-4-2-1-3-9(8)11/h1-4,6-7H,5H2. The minimum Gasteiger partial charge on any atom is -0.282 e. The SMILES string of the molecule is O=C(c1cn(Cc2csc3ccccc23)nn1)C(F)(F)F. The second-order valence-corrected chi connectivity index (χ2v) is 5.30. The molecular formula is C13H8F3N3OS. The van der Waals surface area contributed by atoms with Gasteiger partial charge < -0.3 is 0 Å². The van der Waals surface area contributed by atoms with Crippen LogP contribution in [-0.4, -0.2) is 27.0 Å². The highest BCUT2D eigenvalue weighted by Gasteiger charge is 2.41. The van der Waals surface area contributed by atoms with E-state index >= 15 is 0 Å². The van der Waals surface area contributed by atoms with Gasteiger partial charge in [0.25, 0.3) is 5.78 Å². The lowest BCUT2D eigenvalue weighted by molar-refractivity contribution is -0.0888. The number of hydrogen-bond acceptors (Lipinski definition) is 4. The molecule has 0 saturated carbocycles. The van der Waals surface area contributed by atoms with Crippen LogP contribution in [0, 0.1) is 0 Å². The van der Waals surface area contributed by atoms with Crippen molar-refractivity contribution in [2.45, 2.75) is 12.7 Å². The average molecular weight is 311 g/mol. The minimum absolute atomic E-state index is 0.266. The number of ketones is 1. The van der Waals surface area contributed by atoms with Gasteiger partial charge in [-0.2, -0.15) is 13.2 Å². The maximum atomic E-state index is 12.3. The van der Waals surface area contributed by atoms with Crippen molar-refractivity contribution in [3.63, 3.8) is 0 Å². The summed E-state index contributed by atoms with van der Waals surface area (Å²) in [6.45, 7) is 0.266. The van der Waals surface area contributed by atoms with Gasteiger partial charge in [-0.15, -0.1) is 16.4 Å². The summed E-state index contributed by atoms with van der Waals surface area (Å²) in [5.74, 6) is -1.98. The van der Waals surface area contributed by atoms with Crippen LogP contribution in [0.3, 0.4) is 0 Å². The third kappa shape index (κ3) is 2.66. The molecule has 108 valence electrons. The van der Waals surface area contributed by atoms with E-state index in [1.165, 1.54) is 4.68 Å². The first kappa shape index (κ1) is 13.7. The topological polar surface area (TPSA) is 47.8 Å². The third-order valence-corrected chi connectivity index (χ3v) is 3.93. The number of benzene rings is 1. The maximum Gasteiger partial charge on any atom is 0.456 e. The third-order valence-electron chi connectivity index (χ3n) is 2.92. The van der Waals surface area contributed by atoms with Crippen LogP contribution in [0.1, 0.15) is 16.1 Å². The summed E-state index contributed by atoms with van der Waals surface area (Å²) >= 11 is 1.54. The van der Waals surface area contributed by atoms with Crippen molar-refractivity contribution in [2.75, 3.05) is 0 Å². The first-order valence-electron chi connectivity index (χ1n) is 5.92. The van der Waals surface area contributed by atoms with Gasteiger partial charge in [0.05, 0.1) is 12.7 Å². The lowest BCUT2D eigenvalue weighted by Crippen LogP contribution is -2.23. The van der Waals surface area contributed by atoms with Gasteiger partial charge in [-0.1, -0.05) is 23.4 Å². The number of halogens is 3. The second-order valence-electron chi connectivity index (χ2n) is 4.39. The molecule has 0 amide bonds. The number of nitrogens with zero attached hydrogens (tertiary/aromatic N) is 3. The second kappa shape index (κ2) is 4.96. The summed E-state index contributed by atoms with van der Waals surface area (Å²) in [6.07, 6.45) is -3.92. The van der Waals surface area contributed by atoms with Gasteiger partial charge >= 0.3 is 6.18 Å². The molecule has 0 N–H and O–H groups in total. The lowest BCUT2D eigenvalue weighted by Gasteiger charge is -2.00. The average Bonchev–Trinajstić information content (AvgIpc) is 3.05. The Morgan fingerprint density at radius 3 is 2.81 bits per heavy atom. The van der Waals surface area contributed by atoms with Crippen molar-refractivity contribution < 1.29 is 18.0 Å². The summed E-state index contributed by atoms with van der Waals surface area (Å²) in [5, 5.41) is 9.80. The van der Waals surface area contributed by atoms with Crippen LogP contribution in [0.2, 0.25) is 0 Å². The molecule has 1 aromatic carbocycles. The molecule has 0 spiro atoms. The van der Waals surface area contributed by atoms with E-state index in [-0.39, 0.29) is 6.54 Å². The fourth-order valence-corrected chi connectivity index (χ4v) is 2.91. The molecule has 0 saturated heterocycles. The van der Waals surface area contributed by atoms with Crippen molar-refractivity contribution >= 4 is 27.2 Å². The molecule has 2 heterocycles. The molecule has 0 aliphatic rings. The number of carbonyl (C=O) groups excluding carboxylic acids is 1. The molecule has 0 aliphatic carbocycles. The van der Waals surface area contributed by atoms with Gasteiger partial charge in [0, 0.05) is 4.70 Å². The van der Waals surface area contributed by atoms with Gasteiger partial charge in [0.15, 0.2) is 5.69 Å². The van der Waals surface area contributed by atoms with Crippen LogP contribution < -0.4 is 0 Å². The number of thiophene rings is 1.